The molecule has 0 N–H and O–H groups in total. The highest BCUT2D eigenvalue weighted by atomic mass is 32.2. The van der Waals surface area contributed by atoms with Crippen molar-refractivity contribution >= 4 is 10.0 Å². The van der Waals surface area contributed by atoms with Crippen LogP contribution in [-0.2, 0) is 10.0 Å². The molecule has 2 aliphatic rings. The predicted molar refractivity (Wildman–Crippen MR) is 92.8 cm³/mol. The molecule has 2 fully saturated rings. The van der Waals surface area contributed by atoms with Crippen LogP contribution in [0.15, 0.2) is 29.2 Å². The van der Waals surface area contributed by atoms with Gasteiger partial charge in [-0.3, -0.25) is 0 Å². The van der Waals surface area contributed by atoms with Gasteiger partial charge in [-0.25, -0.2) is 12.8 Å². The Bertz CT molecular complexity index is 634. The van der Waals surface area contributed by atoms with Gasteiger partial charge in [-0.1, -0.05) is 18.9 Å². The molecule has 6 heteroatoms. The van der Waals surface area contributed by atoms with E-state index in [0.29, 0.717) is 19.0 Å². The highest BCUT2D eigenvalue weighted by molar-refractivity contribution is 7.89. The van der Waals surface area contributed by atoms with E-state index in [1.165, 1.54) is 61.3 Å². The van der Waals surface area contributed by atoms with Crippen molar-refractivity contribution in [2.24, 2.45) is 5.92 Å². The van der Waals surface area contributed by atoms with Gasteiger partial charge < -0.3 is 4.90 Å². The highest BCUT2D eigenvalue weighted by Gasteiger charge is 2.30. The highest BCUT2D eigenvalue weighted by Crippen LogP contribution is 2.25. The fraction of sp³-hybridized carbons (Fsp3) is 0.667. The average Bonchev–Trinajstić information content (AvgIpc) is 2.84. The summed E-state index contributed by atoms with van der Waals surface area (Å²) in [6, 6.07) is 5.31. The number of piperidine rings is 1. The van der Waals surface area contributed by atoms with Gasteiger partial charge in [0.2, 0.25) is 10.0 Å². The van der Waals surface area contributed by atoms with Crippen LogP contribution in [0.5, 0.6) is 0 Å². The van der Waals surface area contributed by atoms with Crippen LogP contribution in [0.1, 0.15) is 38.5 Å². The zero-order chi connectivity index (χ0) is 17.0. The molecule has 0 aromatic heterocycles. The summed E-state index contributed by atoms with van der Waals surface area (Å²) in [7, 11) is -3.57. The van der Waals surface area contributed by atoms with Gasteiger partial charge in [0.1, 0.15) is 5.82 Å². The lowest BCUT2D eigenvalue weighted by Crippen LogP contribution is -2.41. The van der Waals surface area contributed by atoms with E-state index >= 15 is 0 Å². The Morgan fingerprint density at radius 1 is 1.00 bits per heavy atom. The molecule has 2 heterocycles. The number of nitrogens with zero attached hydrogens (tertiary/aromatic N) is 2. The normalized spacial score (nSPS) is 22.4. The van der Waals surface area contributed by atoms with Gasteiger partial charge in [-0.05, 0) is 62.9 Å². The van der Waals surface area contributed by atoms with Crippen molar-refractivity contribution in [3.8, 4) is 0 Å². The molecule has 0 spiro atoms. The molecule has 1 aromatic rings. The van der Waals surface area contributed by atoms with E-state index in [9.17, 15) is 12.8 Å². The molecule has 0 atom stereocenters. The summed E-state index contributed by atoms with van der Waals surface area (Å²) in [4.78, 5) is 2.61. The lowest BCUT2D eigenvalue weighted by molar-refractivity contribution is 0.186. The maximum atomic E-state index is 13.3. The first kappa shape index (κ1) is 17.8. The summed E-state index contributed by atoms with van der Waals surface area (Å²) in [6.45, 7) is 4.53. The summed E-state index contributed by atoms with van der Waals surface area (Å²) in [5.41, 5.74) is 0. The lowest BCUT2D eigenvalue weighted by Gasteiger charge is -2.34. The van der Waals surface area contributed by atoms with E-state index in [-0.39, 0.29) is 4.90 Å². The molecule has 0 amide bonds. The first-order valence-corrected chi connectivity index (χ1v) is 10.5. The van der Waals surface area contributed by atoms with Crippen molar-refractivity contribution in [1.82, 2.24) is 9.21 Å². The summed E-state index contributed by atoms with van der Waals surface area (Å²) in [6.07, 6.45) is 7.03. The molecular weight excluding hydrogens is 327 g/mol. The van der Waals surface area contributed by atoms with E-state index in [0.717, 1.165) is 25.5 Å². The fourth-order valence-corrected chi connectivity index (χ4v) is 5.29. The molecule has 24 heavy (non-hydrogen) atoms. The molecule has 0 bridgehead atoms. The number of benzene rings is 1. The SMILES string of the molecule is O=S(=O)(c1cccc(F)c1)N1CCC(CN2CCCCCC2)CC1. The first-order valence-electron chi connectivity index (χ1n) is 9.04. The minimum Gasteiger partial charge on any atom is -0.303 e. The Labute approximate surface area is 144 Å². The van der Waals surface area contributed by atoms with Gasteiger partial charge in [-0.15, -0.1) is 0 Å². The van der Waals surface area contributed by atoms with Crippen molar-refractivity contribution in [2.45, 2.75) is 43.4 Å². The molecule has 0 aliphatic carbocycles. The minimum atomic E-state index is -3.57. The van der Waals surface area contributed by atoms with Crippen LogP contribution in [0.4, 0.5) is 4.39 Å². The monoisotopic (exact) mass is 354 g/mol. The Kier molecular flexibility index (Phi) is 5.89. The van der Waals surface area contributed by atoms with E-state index in [4.69, 9.17) is 0 Å². The Hall–Kier alpha value is -0.980. The number of hydrogen-bond donors (Lipinski definition) is 0. The smallest absolute Gasteiger partial charge is 0.243 e. The second-order valence-electron chi connectivity index (χ2n) is 7.02. The van der Waals surface area contributed by atoms with Gasteiger partial charge in [0.25, 0.3) is 0 Å². The van der Waals surface area contributed by atoms with Crippen LogP contribution in [0.3, 0.4) is 0 Å². The first-order chi connectivity index (χ1) is 11.6. The van der Waals surface area contributed by atoms with E-state index < -0.39 is 15.8 Å². The molecule has 2 saturated heterocycles. The zero-order valence-corrected chi connectivity index (χ0v) is 15.0. The topological polar surface area (TPSA) is 40.6 Å². The largest absolute Gasteiger partial charge is 0.303 e. The van der Waals surface area contributed by atoms with Gasteiger partial charge in [0.15, 0.2) is 0 Å². The molecule has 1 aromatic carbocycles. The Morgan fingerprint density at radius 2 is 1.67 bits per heavy atom. The van der Waals surface area contributed by atoms with Crippen LogP contribution < -0.4 is 0 Å². The lowest BCUT2D eigenvalue weighted by atomic mass is 9.97. The van der Waals surface area contributed by atoms with Crippen LogP contribution in [0, 0.1) is 11.7 Å². The number of hydrogen-bond acceptors (Lipinski definition) is 3. The summed E-state index contributed by atoms with van der Waals surface area (Å²) in [5.74, 6) is 0.0641. The molecule has 3 rings (SSSR count). The zero-order valence-electron chi connectivity index (χ0n) is 14.2. The molecule has 4 nitrogen and oxygen atoms in total. The average molecular weight is 354 g/mol. The van der Waals surface area contributed by atoms with Crippen LogP contribution in [0.2, 0.25) is 0 Å². The quantitative estimate of drug-likeness (QED) is 0.834. The second-order valence-corrected chi connectivity index (χ2v) is 8.96. The van der Waals surface area contributed by atoms with Crippen LogP contribution in [0.25, 0.3) is 0 Å². The van der Waals surface area contributed by atoms with Gasteiger partial charge >= 0.3 is 0 Å². The maximum Gasteiger partial charge on any atom is 0.243 e. The summed E-state index contributed by atoms with van der Waals surface area (Å²) < 4.78 is 40.1. The predicted octanol–water partition coefficient (Wildman–Crippen LogP) is 3.10. The molecule has 2 aliphatic heterocycles. The van der Waals surface area contributed by atoms with Crippen LogP contribution in [-0.4, -0.2) is 50.3 Å². The summed E-state index contributed by atoms with van der Waals surface area (Å²) >= 11 is 0. The minimum absolute atomic E-state index is 0.0634. The molecule has 0 saturated carbocycles. The third-order valence-corrected chi connectivity index (χ3v) is 7.12. The van der Waals surface area contributed by atoms with E-state index in [1.807, 2.05) is 0 Å². The van der Waals surface area contributed by atoms with Gasteiger partial charge in [0, 0.05) is 19.6 Å². The van der Waals surface area contributed by atoms with E-state index in [1.54, 1.807) is 0 Å². The molecule has 134 valence electrons. The van der Waals surface area contributed by atoms with Crippen molar-refractivity contribution < 1.29 is 12.8 Å². The van der Waals surface area contributed by atoms with Gasteiger partial charge in [-0.2, -0.15) is 4.31 Å². The standard InChI is InChI=1S/C18H27FN2O2S/c19-17-6-5-7-18(14-17)24(22,23)21-12-8-16(9-13-21)15-20-10-3-1-2-4-11-20/h5-7,14,16H,1-4,8-13,15H2. The third kappa shape index (κ3) is 4.35. The Morgan fingerprint density at radius 3 is 2.29 bits per heavy atom. The number of likely N-dealkylation sites (tertiary alicyclic amines) is 1. The number of halogens is 1. The summed E-state index contributed by atoms with van der Waals surface area (Å²) in [5, 5.41) is 0. The molecular formula is C18H27FN2O2S. The Balaban J connectivity index is 1.56. The third-order valence-electron chi connectivity index (χ3n) is 5.22. The van der Waals surface area contributed by atoms with Crippen molar-refractivity contribution in [3.05, 3.63) is 30.1 Å². The fourth-order valence-electron chi connectivity index (χ4n) is 3.79. The molecule has 0 unspecified atom stereocenters. The van der Waals surface area contributed by atoms with Crippen molar-refractivity contribution in [3.63, 3.8) is 0 Å². The maximum absolute atomic E-state index is 13.3. The molecule has 0 radical (unpaired) electrons. The van der Waals surface area contributed by atoms with Crippen LogP contribution >= 0.6 is 0 Å². The van der Waals surface area contributed by atoms with Crippen molar-refractivity contribution in [1.29, 1.82) is 0 Å². The van der Waals surface area contributed by atoms with Crippen molar-refractivity contribution in [2.75, 3.05) is 32.7 Å². The van der Waals surface area contributed by atoms with Gasteiger partial charge in [0.05, 0.1) is 4.90 Å². The number of rotatable bonds is 4. The van der Waals surface area contributed by atoms with E-state index in [2.05, 4.69) is 4.90 Å². The second kappa shape index (κ2) is 7.93. The number of sulfonamides is 1.